The van der Waals surface area contributed by atoms with Crippen LogP contribution in [0.5, 0.6) is 5.75 Å². The van der Waals surface area contributed by atoms with Gasteiger partial charge < -0.3 is 10.1 Å². The molecule has 2 aromatic carbocycles. The summed E-state index contributed by atoms with van der Waals surface area (Å²) >= 11 is 6.13. The lowest BCUT2D eigenvalue weighted by molar-refractivity contribution is 0.102. The molecular formula is C21H25ClN2O4S. The summed E-state index contributed by atoms with van der Waals surface area (Å²) in [4.78, 5) is 12.9. The van der Waals surface area contributed by atoms with Crippen molar-refractivity contribution < 1.29 is 17.9 Å². The highest BCUT2D eigenvalue weighted by Crippen LogP contribution is 2.27. The van der Waals surface area contributed by atoms with E-state index in [4.69, 9.17) is 16.3 Å². The molecule has 6 nitrogen and oxygen atoms in total. The van der Waals surface area contributed by atoms with Crippen molar-refractivity contribution in [2.75, 3.05) is 25.5 Å². The standard InChI is InChI=1S/C21H25ClN2O4S/c1-15-7-8-16(13-19(15)22)23-21(25)18-14-17(9-10-20(18)28-2)29(26,27)24-11-5-3-4-6-12-24/h7-10,13-14H,3-6,11-12H2,1-2H3,(H,23,25). The van der Waals surface area contributed by atoms with Crippen molar-refractivity contribution >= 4 is 33.2 Å². The molecule has 0 unspecified atom stereocenters. The van der Waals surface area contributed by atoms with Gasteiger partial charge in [0.15, 0.2) is 0 Å². The summed E-state index contributed by atoms with van der Waals surface area (Å²) < 4.78 is 33.0. The van der Waals surface area contributed by atoms with Gasteiger partial charge in [-0.1, -0.05) is 30.5 Å². The van der Waals surface area contributed by atoms with Gasteiger partial charge in [0.1, 0.15) is 5.75 Å². The van der Waals surface area contributed by atoms with Crippen LogP contribution in [0.25, 0.3) is 0 Å². The maximum Gasteiger partial charge on any atom is 0.259 e. The highest BCUT2D eigenvalue weighted by Gasteiger charge is 2.27. The second-order valence-corrected chi connectivity index (χ2v) is 9.44. The van der Waals surface area contributed by atoms with Crippen LogP contribution in [0.15, 0.2) is 41.3 Å². The van der Waals surface area contributed by atoms with Gasteiger partial charge in [-0.15, -0.1) is 0 Å². The molecule has 1 heterocycles. The molecule has 1 saturated heterocycles. The number of nitrogens with one attached hydrogen (secondary N) is 1. The first kappa shape index (κ1) is 21.6. The van der Waals surface area contributed by atoms with Crippen LogP contribution in [0.2, 0.25) is 5.02 Å². The number of anilines is 1. The van der Waals surface area contributed by atoms with Crippen molar-refractivity contribution in [3.63, 3.8) is 0 Å². The number of nitrogens with zero attached hydrogens (tertiary/aromatic N) is 1. The maximum atomic E-state index is 13.1. The molecule has 2 aromatic rings. The molecule has 0 saturated carbocycles. The number of sulfonamides is 1. The molecular weight excluding hydrogens is 412 g/mol. The minimum atomic E-state index is -3.67. The van der Waals surface area contributed by atoms with Crippen LogP contribution < -0.4 is 10.1 Å². The fourth-order valence-electron chi connectivity index (χ4n) is 3.33. The van der Waals surface area contributed by atoms with Crippen molar-refractivity contribution in [3.05, 3.63) is 52.5 Å². The topological polar surface area (TPSA) is 75.7 Å². The number of carbonyl (C=O) groups excluding carboxylic acids is 1. The number of benzene rings is 2. The number of methoxy groups -OCH3 is 1. The smallest absolute Gasteiger partial charge is 0.259 e. The number of hydrogen-bond acceptors (Lipinski definition) is 4. The summed E-state index contributed by atoms with van der Waals surface area (Å²) in [5.74, 6) is -0.162. The van der Waals surface area contributed by atoms with Gasteiger partial charge in [-0.3, -0.25) is 4.79 Å². The van der Waals surface area contributed by atoms with Crippen LogP contribution in [0.4, 0.5) is 5.69 Å². The van der Waals surface area contributed by atoms with E-state index in [1.807, 2.05) is 6.92 Å². The van der Waals surface area contributed by atoms with E-state index in [0.29, 0.717) is 29.5 Å². The Morgan fingerprint density at radius 3 is 2.38 bits per heavy atom. The minimum Gasteiger partial charge on any atom is -0.496 e. The molecule has 0 aromatic heterocycles. The second kappa shape index (κ2) is 9.15. The molecule has 1 amide bonds. The van der Waals surface area contributed by atoms with Crippen molar-refractivity contribution in [3.8, 4) is 5.75 Å². The average molecular weight is 437 g/mol. The fraction of sp³-hybridized carbons (Fsp3) is 0.381. The molecule has 0 spiro atoms. The SMILES string of the molecule is COc1ccc(S(=O)(=O)N2CCCCCC2)cc1C(=O)Nc1ccc(C)c(Cl)c1. The van der Waals surface area contributed by atoms with Crippen molar-refractivity contribution in [1.82, 2.24) is 4.31 Å². The second-order valence-electron chi connectivity index (χ2n) is 7.10. The lowest BCUT2D eigenvalue weighted by atomic mass is 10.1. The van der Waals surface area contributed by atoms with Crippen LogP contribution in [-0.4, -0.2) is 38.8 Å². The molecule has 1 fully saturated rings. The van der Waals surface area contributed by atoms with Crippen LogP contribution in [0, 0.1) is 6.92 Å². The highest BCUT2D eigenvalue weighted by molar-refractivity contribution is 7.89. The predicted molar refractivity (Wildman–Crippen MR) is 114 cm³/mol. The zero-order valence-electron chi connectivity index (χ0n) is 16.6. The maximum absolute atomic E-state index is 13.1. The quantitative estimate of drug-likeness (QED) is 0.750. The van der Waals surface area contributed by atoms with E-state index in [2.05, 4.69) is 5.32 Å². The first-order valence-corrected chi connectivity index (χ1v) is 11.4. The van der Waals surface area contributed by atoms with Crippen molar-refractivity contribution in [1.29, 1.82) is 0 Å². The van der Waals surface area contributed by atoms with Crippen LogP contribution in [0.1, 0.15) is 41.6 Å². The summed E-state index contributed by atoms with van der Waals surface area (Å²) in [5.41, 5.74) is 1.57. The lowest BCUT2D eigenvalue weighted by Gasteiger charge is -2.20. The normalized spacial score (nSPS) is 15.6. The van der Waals surface area contributed by atoms with Gasteiger partial charge in [-0.25, -0.2) is 8.42 Å². The predicted octanol–water partition coefficient (Wildman–Crippen LogP) is 4.47. The molecule has 156 valence electrons. The summed E-state index contributed by atoms with van der Waals surface area (Å²) in [6.45, 7) is 2.86. The summed E-state index contributed by atoms with van der Waals surface area (Å²) in [6, 6.07) is 9.57. The molecule has 1 aliphatic heterocycles. The van der Waals surface area contributed by atoms with Gasteiger partial charge >= 0.3 is 0 Å². The van der Waals surface area contributed by atoms with E-state index in [0.717, 1.165) is 31.2 Å². The van der Waals surface area contributed by atoms with Crippen molar-refractivity contribution in [2.45, 2.75) is 37.5 Å². The Labute approximate surface area is 176 Å². The van der Waals surface area contributed by atoms with Gasteiger partial charge in [0, 0.05) is 23.8 Å². The van der Waals surface area contributed by atoms with Gasteiger partial charge in [0.2, 0.25) is 10.0 Å². The number of halogens is 1. The molecule has 0 bridgehead atoms. The Morgan fingerprint density at radius 2 is 1.76 bits per heavy atom. The third kappa shape index (κ3) is 4.91. The Balaban J connectivity index is 1.91. The average Bonchev–Trinajstić information content (AvgIpc) is 3.00. The highest BCUT2D eigenvalue weighted by atomic mass is 35.5. The Kier molecular flexibility index (Phi) is 6.82. The summed E-state index contributed by atoms with van der Waals surface area (Å²) in [6.07, 6.45) is 3.75. The molecule has 0 radical (unpaired) electrons. The molecule has 0 atom stereocenters. The molecule has 1 N–H and O–H groups in total. The van der Waals surface area contributed by atoms with Gasteiger partial charge in [-0.05, 0) is 55.7 Å². The third-order valence-corrected chi connectivity index (χ3v) is 7.35. The third-order valence-electron chi connectivity index (χ3n) is 5.05. The molecule has 8 heteroatoms. The molecule has 1 aliphatic rings. The van der Waals surface area contributed by atoms with E-state index in [-0.39, 0.29) is 10.5 Å². The number of amides is 1. The molecule has 3 rings (SSSR count). The Hall–Kier alpha value is -2.09. The molecule has 29 heavy (non-hydrogen) atoms. The van der Waals surface area contributed by atoms with Crippen LogP contribution >= 0.6 is 11.6 Å². The molecule has 0 aliphatic carbocycles. The van der Waals surface area contributed by atoms with E-state index in [1.165, 1.54) is 29.6 Å². The first-order chi connectivity index (χ1) is 13.8. The van der Waals surface area contributed by atoms with E-state index in [1.54, 1.807) is 18.2 Å². The largest absolute Gasteiger partial charge is 0.496 e. The van der Waals surface area contributed by atoms with Crippen LogP contribution in [0.3, 0.4) is 0 Å². The van der Waals surface area contributed by atoms with Crippen molar-refractivity contribution in [2.24, 2.45) is 0 Å². The minimum absolute atomic E-state index is 0.0901. The van der Waals surface area contributed by atoms with Gasteiger partial charge in [-0.2, -0.15) is 4.31 Å². The summed E-state index contributed by atoms with van der Waals surface area (Å²) in [7, 11) is -2.23. The Bertz CT molecular complexity index is 1000. The number of ether oxygens (including phenoxy) is 1. The van der Waals surface area contributed by atoms with E-state index < -0.39 is 15.9 Å². The lowest BCUT2D eigenvalue weighted by Crippen LogP contribution is -2.32. The zero-order chi connectivity index (χ0) is 21.0. The number of rotatable bonds is 5. The number of hydrogen-bond donors (Lipinski definition) is 1. The van der Waals surface area contributed by atoms with E-state index >= 15 is 0 Å². The van der Waals surface area contributed by atoms with Crippen LogP contribution in [-0.2, 0) is 10.0 Å². The summed E-state index contributed by atoms with van der Waals surface area (Å²) in [5, 5.41) is 3.29. The fourth-order valence-corrected chi connectivity index (χ4v) is 5.05. The van der Waals surface area contributed by atoms with Gasteiger partial charge in [0.05, 0.1) is 17.6 Å². The van der Waals surface area contributed by atoms with E-state index in [9.17, 15) is 13.2 Å². The number of aryl methyl sites for hydroxylation is 1. The van der Waals surface area contributed by atoms with Gasteiger partial charge in [0.25, 0.3) is 5.91 Å². The zero-order valence-corrected chi connectivity index (χ0v) is 18.1. The Morgan fingerprint density at radius 1 is 1.07 bits per heavy atom. The first-order valence-electron chi connectivity index (χ1n) is 9.58. The monoisotopic (exact) mass is 436 g/mol. The number of carbonyl (C=O) groups is 1.